The van der Waals surface area contributed by atoms with Gasteiger partial charge in [0.2, 0.25) is 5.91 Å². The molecule has 7 nitrogen and oxygen atoms in total. The van der Waals surface area contributed by atoms with Gasteiger partial charge in [-0.15, -0.1) is 0 Å². The van der Waals surface area contributed by atoms with Crippen molar-refractivity contribution in [1.29, 1.82) is 0 Å². The van der Waals surface area contributed by atoms with E-state index >= 15 is 0 Å². The minimum Gasteiger partial charge on any atom is -0.309 e. The molecule has 1 aliphatic heterocycles. The number of hydrogen-bond acceptors (Lipinski definition) is 4. The van der Waals surface area contributed by atoms with Crippen LogP contribution in [0.4, 0.5) is 5.82 Å². The molecular formula is C22H26N4O3. The Morgan fingerprint density at radius 2 is 1.72 bits per heavy atom. The number of carbonyl (C=O) groups is 3. The molecule has 2 aliphatic rings. The van der Waals surface area contributed by atoms with Gasteiger partial charge in [0.25, 0.3) is 11.8 Å². The van der Waals surface area contributed by atoms with E-state index in [0.717, 1.165) is 30.6 Å². The highest BCUT2D eigenvalue weighted by atomic mass is 16.2. The fourth-order valence-electron chi connectivity index (χ4n) is 4.33. The average Bonchev–Trinajstić information content (AvgIpc) is 3.42. The Balaban J connectivity index is 1.60. The molecule has 1 N–H and O–H groups in total. The normalized spacial score (nSPS) is 17.8. The maximum absolute atomic E-state index is 13.2. The van der Waals surface area contributed by atoms with Crippen molar-refractivity contribution in [3.63, 3.8) is 0 Å². The van der Waals surface area contributed by atoms with Crippen molar-refractivity contribution in [1.82, 2.24) is 14.7 Å². The zero-order chi connectivity index (χ0) is 20.5. The lowest BCUT2D eigenvalue weighted by molar-refractivity contribution is -0.120. The van der Waals surface area contributed by atoms with E-state index in [9.17, 15) is 14.4 Å². The highest BCUT2D eigenvalue weighted by Crippen LogP contribution is 2.32. The SMILES string of the molecule is CC(C)C[C@H](C(=O)Nc1ccnn1C1CCCC1)N1C(=O)c2ccccc2C1=O. The van der Waals surface area contributed by atoms with Crippen LogP contribution in [-0.4, -0.2) is 38.4 Å². The van der Waals surface area contributed by atoms with Crippen molar-refractivity contribution in [3.05, 3.63) is 47.7 Å². The van der Waals surface area contributed by atoms with Crippen LogP contribution in [-0.2, 0) is 4.79 Å². The lowest BCUT2D eigenvalue weighted by Gasteiger charge is -2.27. The molecule has 1 saturated carbocycles. The Morgan fingerprint density at radius 1 is 1.10 bits per heavy atom. The van der Waals surface area contributed by atoms with Gasteiger partial charge >= 0.3 is 0 Å². The summed E-state index contributed by atoms with van der Waals surface area (Å²) < 4.78 is 1.86. The van der Waals surface area contributed by atoms with Crippen LogP contribution >= 0.6 is 0 Å². The van der Waals surface area contributed by atoms with Gasteiger partial charge in [-0.05, 0) is 37.3 Å². The molecule has 3 amide bonds. The van der Waals surface area contributed by atoms with Crippen LogP contribution in [0.3, 0.4) is 0 Å². The molecule has 0 radical (unpaired) electrons. The number of aromatic nitrogens is 2. The van der Waals surface area contributed by atoms with Crippen LogP contribution in [0.5, 0.6) is 0 Å². The van der Waals surface area contributed by atoms with Crippen LogP contribution in [0.1, 0.15) is 72.7 Å². The van der Waals surface area contributed by atoms with E-state index in [-0.39, 0.29) is 17.9 Å². The molecule has 0 unspecified atom stereocenters. The van der Waals surface area contributed by atoms with Gasteiger partial charge in [-0.1, -0.05) is 38.8 Å². The number of nitrogens with zero attached hydrogens (tertiary/aromatic N) is 3. The summed E-state index contributed by atoms with van der Waals surface area (Å²) in [5.74, 6) is -0.415. The van der Waals surface area contributed by atoms with E-state index < -0.39 is 17.9 Å². The standard InChI is InChI=1S/C22H26N4O3/c1-14(2)13-18(25-21(28)16-9-5-6-10-17(16)22(25)29)20(27)24-19-11-12-23-26(19)15-7-3-4-8-15/h5-6,9-12,14-15,18H,3-4,7-8,13H2,1-2H3,(H,24,27)/t18-/m1/s1. The maximum atomic E-state index is 13.2. The summed E-state index contributed by atoms with van der Waals surface area (Å²) in [6.07, 6.45) is 6.46. The molecular weight excluding hydrogens is 368 g/mol. The van der Waals surface area contributed by atoms with Crippen molar-refractivity contribution in [3.8, 4) is 0 Å². The molecule has 1 fully saturated rings. The number of fused-ring (bicyclic) bond motifs is 1. The molecule has 0 bridgehead atoms. The number of hydrogen-bond donors (Lipinski definition) is 1. The minimum absolute atomic E-state index is 0.134. The smallest absolute Gasteiger partial charge is 0.262 e. The molecule has 1 aromatic carbocycles. The van der Waals surface area contributed by atoms with E-state index in [0.29, 0.717) is 23.4 Å². The fourth-order valence-corrected chi connectivity index (χ4v) is 4.33. The third-order valence-corrected chi connectivity index (χ3v) is 5.73. The molecule has 2 aromatic rings. The third kappa shape index (κ3) is 3.57. The van der Waals surface area contributed by atoms with Gasteiger partial charge in [-0.3, -0.25) is 19.3 Å². The second-order valence-corrected chi connectivity index (χ2v) is 8.26. The molecule has 29 heavy (non-hydrogen) atoms. The predicted octanol–water partition coefficient (Wildman–Crippen LogP) is 3.65. The van der Waals surface area contributed by atoms with Crippen LogP contribution in [0, 0.1) is 5.92 Å². The quantitative estimate of drug-likeness (QED) is 0.758. The van der Waals surface area contributed by atoms with Gasteiger partial charge in [0.15, 0.2) is 0 Å². The minimum atomic E-state index is -0.866. The fraction of sp³-hybridized carbons (Fsp3) is 0.455. The molecule has 1 aliphatic carbocycles. The van der Waals surface area contributed by atoms with Crippen LogP contribution in [0.15, 0.2) is 36.5 Å². The Kier molecular flexibility index (Phi) is 5.22. The molecule has 2 heterocycles. The van der Waals surface area contributed by atoms with Crippen molar-refractivity contribution in [2.45, 2.75) is 58.0 Å². The molecule has 1 aromatic heterocycles. The number of imide groups is 1. The van der Waals surface area contributed by atoms with Gasteiger partial charge < -0.3 is 5.32 Å². The maximum Gasteiger partial charge on any atom is 0.262 e. The van der Waals surface area contributed by atoms with E-state index in [4.69, 9.17) is 0 Å². The van der Waals surface area contributed by atoms with Crippen LogP contribution < -0.4 is 5.32 Å². The summed E-state index contributed by atoms with van der Waals surface area (Å²) >= 11 is 0. The number of amides is 3. The highest BCUT2D eigenvalue weighted by molar-refractivity contribution is 6.23. The molecule has 152 valence electrons. The lowest BCUT2D eigenvalue weighted by atomic mass is 10.0. The molecule has 0 saturated heterocycles. The second kappa shape index (κ2) is 7.81. The Hall–Kier alpha value is -2.96. The number of anilines is 1. The molecule has 4 rings (SSSR count). The van der Waals surface area contributed by atoms with Crippen molar-refractivity contribution < 1.29 is 14.4 Å². The first-order chi connectivity index (χ1) is 14.0. The number of rotatable bonds is 6. The summed E-state index contributed by atoms with van der Waals surface area (Å²) in [5.41, 5.74) is 0.713. The van der Waals surface area contributed by atoms with E-state index in [1.165, 1.54) is 0 Å². The highest BCUT2D eigenvalue weighted by Gasteiger charge is 2.43. The first-order valence-corrected chi connectivity index (χ1v) is 10.3. The number of nitrogens with one attached hydrogen (secondary N) is 1. The van der Waals surface area contributed by atoms with Gasteiger partial charge in [-0.2, -0.15) is 5.10 Å². The summed E-state index contributed by atoms with van der Waals surface area (Å²) in [4.78, 5) is 40.2. The van der Waals surface area contributed by atoms with Crippen LogP contribution in [0.25, 0.3) is 0 Å². The zero-order valence-electron chi connectivity index (χ0n) is 16.8. The van der Waals surface area contributed by atoms with Crippen molar-refractivity contribution in [2.24, 2.45) is 5.92 Å². The van der Waals surface area contributed by atoms with E-state index in [1.54, 1.807) is 36.5 Å². The Bertz CT molecular complexity index is 908. The van der Waals surface area contributed by atoms with Gasteiger partial charge in [0.05, 0.1) is 23.4 Å². The second-order valence-electron chi connectivity index (χ2n) is 8.26. The average molecular weight is 394 g/mol. The zero-order valence-corrected chi connectivity index (χ0v) is 16.8. The first-order valence-electron chi connectivity index (χ1n) is 10.3. The summed E-state index contributed by atoms with van der Waals surface area (Å²) in [5, 5.41) is 7.32. The lowest BCUT2D eigenvalue weighted by Crippen LogP contribution is -2.48. The topological polar surface area (TPSA) is 84.3 Å². The summed E-state index contributed by atoms with van der Waals surface area (Å²) in [7, 11) is 0. The van der Waals surface area contributed by atoms with Crippen molar-refractivity contribution >= 4 is 23.5 Å². The molecule has 0 spiro atoms. The largest absolute Gasteiger partial charge is 0.309 e. The summed E-state index contributed by atoms with van der Waals surface area (Å²) in [6.45, 7) is 3.95. The first kappa shape index (κ1) is 19.4. The van der Waals surface area contributed by atoms with E-state index in [2.05, 4.69) is 10.4 Å². The van der Waals surface area contributed by atoms with Crippen LogP contribution in [0.2, 0.25) is 0 Å². The van der Waals surface area contributed by atoms with E-state index in [1.807, 2.05) is 18.5 Å². The van der Waals surface area contributed by atoms with Gasteiger partial charge in [-0.25, -0.2) is 4.68 Å². The van der Waals surface area contributed by atoms with Gasteiger partial charge in [0, 0.05) is 6.07 Å². The van der Waals surface area contributed by atoms with Crippen molar-refractivity contribution in [2.75, 3.05) is 5.32 Å². The van der Waals surface area contributed by atoms with Gasteiger partial charge in [0.1, 0.15) is 11.9 Å². The summed E-state index contributed by atoms with van der Waals surface area (Å²) in [6, 6.07) is 7.91. The third-order valence-electron chi connectivity index (χ3n) is 5.73. The molecule has 7 heteroatoms. The number of carbonyl (C=O) groups excluding carboxylic acids is 3. The monoisotopic (exact) mass is 394 g/mol. The Morgan fingerprint density at radius 3 is 2.31 bits per heavy atom. The predicted molar refractivity (Wildman–Crippen MR) is 109 cm³/mol. The Labute approximate surface area is 170 Å². The number of benzene rings is 1. The molecule has 1 atom stereocenters.